The molecule has 1 amide bonds. The van der Waals surface area contributed by atoms with Crippen molar-refractivity contribution in [2.24, 2.45) is 0 Å². The van der Waals surface area contributed by atoms with Gasteiger partial charge in [-0.15, -0.1) is 22.7 Å². The van der Waals surface area contributed by atoms with Gasteiger partial charge in [0.25, 0.3) is 5.91 Å². The number of hydrogen-bond acceptors (Lipinski definition) is 5. The molecule has 0 aromatic carbocycles. The van der Waals surface area contributed by atoms with Gasteiger partial charge < -0.3 is 10.4 Å². The van der Waals surface area contributed by atoms with Crippen molar-refractivity contribution < 1.29 is 14.7 Å². The van der Waals surface area contributed by atoms with Crippen LogP contribution in [0.25, 0.3) is 0 Å². The van der Waals surface area contributed by atoms with Gasteiger partial charge in [0.05, 0.1) is 10.0 Å². The highest BCUT2D eigenvalue weighted by atomic mass is 35.5. The van der Waals surface area contributed by atoms with Gasteiger partial charge in [-0.1, -0.05) is 11.6 Å². The highest BCUT2D eigenvalue weighted by Gasteiger charge is 2.14. The summed E-state index contributed by atoms with van der Waals surface area (Å²) in [6.45, 7) is 2.23. The van der Waals surface area contributed by atoms with Crippen molar-refractivity contribution in [1.82, 2.24) is 10.3 Å². The molecule has 2 aromatic heterocycles. The van der Waals surface area contributed by atoms with E-state index in [0.29, 0.717) is 27.9 Å². The number of carbonyl (C=O) groups is 2. The molecule has 20 heavy (non-hydrogen) atoms. The van der Waals surface area contributed by atoms with E-state index in [2.05, 4.69) is 10.3 Å². The number of carboxylic acids is 1. The Morgan fingerprint density at radius 1 is 1.40 bits per heavy atom. The third-order valence-electron chi connectivity index (χ3n) is 2.50. The molecule has 0 atom stereocenters. The number of carbonyl (C=O) groups excluding carboxylic acids is 1. The van der Waals surface area contributed by atoms with Gasteiger partial charge in [0.15, 0.2) is 5.69 Å². The van der Waals surface area contributed by atoms with E-state index in [1.165, 1.54) is 28.1 Å². The number of hydrogen-bond donors (Lipinski definition) is 2. The summed E-state index contributed by atoms with van der Waals surface area (Å²) in [5.41, 5.74) is 0.918. The van der Waals surface area contributed by atoms with E-state index in [-0.39, 0.29) is 11.6 Å². The molecule has 0 radical (unpaired) electrons. The monoisotopic (exact) mass is 330 g/mol. The van der Waals surface area contributed by atoms with Crippen molar-refractivity contribution in [3.05, 3.63) is 36.9 Å². The molecule has 0 fully saturated rings. The lowest BCUT2D eigenvalue weighted by atomic mass is 10.3. The second-order valence-electron chi connectivity index (χ2n) is 4.00. The van der Waals surface area contributed by atoms with Gasteiger partial charge in [-0.25, -0.2) is 9.78 Å². The lowest BCUT2D eigenvalue weighted by molar-refractivity contribution is 0.0690. The van der Waals surface area contributed by atoms with Crippen LogP contribution in [-0.2, 0) is 6.42 Å². The Bertz CT molecular complexity index is 651. The average molecular weight is 331 g/mol. The second kappa shape index (κ2) is 6.34. The Hall–Kier alpha value is -1.44. The molecular weight excluding hydrogens is 320 g/mol. The van der Waals surface area contributed by atoms with Crippen LogP contribution in [0.1, 0.15) is 30.7 Å². The first-order valence-electron chi connectivity index (χ1n) is 5.68. The Labute approximate surface area is 128 Å². The lowest BCUT2D eigenvalue weighted by Gasteiger charge is -2.02. The smallest absolute Gasteiger partial charge is 0.355 e. The zero-order chi connectivity index (χ0) is 14.7. The van der Waals surface area contributed by atoms with Crippen LogP contribution in [0.2, 0.25) is 5.02 Å². The topological polar surface area (TPSA) is 79.3 Å². The maximum atomic E-state index is 11.9. The van der Waals surface area contributed by atoms with E-state index in [1.54, 1.807) is 0 Å². The minimum atomic E-state index is -1.04. The number of rotatable bonds is 5. The molecule has 0 spiro atoms. The van der Waals surface area contributed by atoms with E-state index in [9.17, 15) is 9.59 Å². The van der Waals surface area contributed by atoms with Crippen LogP contribution in [0.5, 0.6) is 0 Å². The summed E-state index contributed by atoms with van der Waals surface area (Å²) >= 11 is 8.58. The van der Waals surface area contributed by atoms with Gasteiger partial charge >= 0.3 is 5.97 Å². The Morgan fingerprint density at radius 3 is 2.70 bits per heavy atom. The maximum absolute atomic E-state index is 11.9. The fourth-order valence-corrected chi connectivity index (χ4v) is 3.44. The van der Waals surface area contributed by atoms with Crippen LogP contribution < -0.4 is 5.32 Å². The third kappa shape index (κ3) is 3.36. The number of nitrogens with one attached hydrogen (secondary N) is 1. The number of nitrogens with zero attached hydrogens (tertiary/aromatic N) is 1. The fourth-order valence-electron chi connectivity index (χ4n) is 1.47. The lowest BCUT2D eigenvalue weighted by Crippen LogP contribution is -2.25. The highest BCUT2D eigenvalue weighted by Crippen LogP contribution is 2.26. The molecule has 0 unspecified atom stereocenters. The Balaban J connectivity index is 1.88. The molecule has 0 aliphatic heterocycles. The van der Waals surface area contributed by atoms with Gasteiger partial charge in [-0.05, 0) is 17.9 Å². The molecule has 0 saturated heterocycles. The molecule has 0 saturated carbocycles. The van der Waals surface area contributed by atoms with Gasteiger partial charge in [0.2, 0.25) is 0 Å². The minimum absolute atomic E-state index is 0.0354. The third-order valence-corrected chi connectivity index (χ3v) is 5.10. The van der Waals surface area contributed by atoms with Crippen molar-refractivity contribution in [1.29, 1.82) is 0 Å². The molecule has 0 bridgehead atoms. The Morgan fingerprint density at radius 2 is 2.15 bits per heavy atom. The first-order valence-corrected chi connectivity index (χ1v) is 7.82. The molecule has 5 nitrogen and oxygen atoms in total. The minimum Gasteiger partial charge on any atom is -0.476 e. The molecule has 2 rings (SSSR count). The fraction of sp³-hybridized carbons (Fsp3) is 0.250. The number of carboxylic acid groups (broad SMARTS) is 1. The molecule has 0 aliphatic carbocycles. The number of halogens is 1. The van der Waals surface area contributed by atoms with Gasteiger partial charge in [0, 0.05) is 18.3 Å². The number of amides is 1. The maximum Gasteiger partial charge on any atom is 0.355 e. The van der Waals surface area contributed by atoms with Gasteiger partial charge in [-0.2, -0.15) is 0 Å². The summed E-state index contributed by atoms with van der Waals surface area (Å²) in [6, 6.07) is 0. The normalized spacial score (nSPS) is 10.5. The van der Waals surface area contributed by atoms with Crippen LogP contribution in [0.3, 0.4) is 0 Å². The van der Waals surface area contributed by atoms with E-state index < -0.39 is 5.97 Å². The number of thiophene rings is 1. The number of thiazole rings is 1. The summed E-state index contributed by atoms with van der Waals surface area (Å²) in [6.07, 6.45) is 0.492. The van der Waals surface area contributed by atoms with Crippen molar-refractivity contribution in [2.75, 3.05) is 6.54 Å². The van der Waals surface area contributed by atoms with Crippen LogP contribution >= 0.6 is 34.3 Å². The average Bonchev–Trinajstić information content (AvgIpc) is 2.98. The SMILES string of the molecule is Cc1csc(C(=O)NCCc2nc(C(=O)O)cs2)c1Cl. The quantitative estimate of drug-likeness (QED) is 0.883. The summed E-state index contributed by atoms with van der Waals surface area (Å²) < 4.78 is 0. The van der Waals surface area contributed by atoms with Crippen LogP contribution in [0.4, 0.5) is 0 Å². The predicted molar refractivity (Wildman–Crippen MR) is 79.2 cm³/mol. The largest absolute Gasteiger partial charge is 0.476 e. The van der Waals surface area contributed by atoms with Gasteiger partial charge in [-0.3, -0.25) is 4.79 Å². The first-order chi connectivity index (χ1) is 9.49. The van der Waals surface area contributed by atoms with Crippen molar-refractivity contribution >= 4 is 46.2 Å². The molecule has 2 N–H and O–H groups in total. The Kier molecular flexibility index (Phi) is 4.74. The van der Waals surface area contributed by atoms with Crippen molar-refractivity contribution in [2.45, 2.75) is 13.3 Å². The van der Waals surface area contributed by atoms with E-state index >= 15 is 0 Å². The zero-order valence-electron chi connectivity index (χ0n) is 10.5. The van der Waals surface area contributed by atoms with Crippen molar-refractivity contribution in [3.63, 3.8) is 0 Å². The van der Waals surface area contributed by atoms with Crippen LogP contribution in [-0.4, -0.2) is 28.5 Å². The summed E-state index contributed by atoms with van der Waals surface area (Å²) in [5.74, 6) is -1.26. The highest BCUT2D eigenvalue weighted by molar-refractivity contribution is 7.13. The first kappa shape index (κ1) is 15.0. The number of aromatic carboxylic acids is 1. The molecule has 2 heterocycles. The molecule has 106 valence electrons. The summed E-state index contributed by atoms with van der Waals surface area (Å²) in [7, 11) is 0. The van der Waals surface area contributed by atoms with Crippen LogP contribution in [0, 0.1) is 6.92 Å². The predicted octanol–water partition coefficient (Wildman–Crippen LogP) is 2.84. The standard InChI is InChI=1S/C12H11ClN2O3S2/c1-6-4-20-10(9(6)13)11(16)14-3-2-8-15-7(5-19-8)12(17)18/h4-5H,2-3H2,1H3,(H,14,16)(H,17,18). The van der Waals surface area contributed by atoms with Crippen molar-refractivity contribution in [3.8, 4) is 0 Å². The molecule has 2 aromatic rings. The van der Waals surface area contributed by atoms with E-state index in [0.717, 1.165) is 5.56 Å². The molecule has 0 aliphatic rings. The van der Waals surface area contributed by atoms with E-state index in [1.807, 2.05) is 12.3 Å². The van der Waals surface area contributed by atoms with Gasteiger partial charge in [0.1, 0.15) is 4.88 Å². The summed E-state index contributed by atoms with van der Waals surface area (Å²) in [4.78, 5) is 27.0. The van der Waals surface area contributed by atoms with E-state index in [4.69, 9.17) is 16.7 Å². The number of aryl methyl sites for hydroxylation is 1. The molecule has 8 heteroatoms. The summed E-state index contributed by atoms with van der Waals surface area (Å²) in [5, 5.41) is 16.0. The number of aromatic nitrogens is 1. The molecular formula is C12H11ClN2O3S2. The van der Waals surface area contributed by atoms with Crippen LogP contribution in [0.15, 0.2) is 10.8 Å². The zero-order valence-corrected chi connectivity index (χ0v) is 12.9. The second-order valence-corrected chi connectivity index (χ2v) is 6.20.